The molecule has 0 atom stereocenters. The number of benzene rings is 2. The lowest BCUT2D eigenvalue weighted by atomic mass is 10.2. The topological polar surface area (TPSA) is 110 Å². The van der Waals surface area contributed by atoms with E-state index in [9.17, 15) is 18.0 Å². The van der Waals surface area contributed by atoms with E-state index in [2.05, 4.69) is 5.32 Å². The molecule has 7 nitrogen and oxygen atoms in total. The summed E-state index contributed by atoms with van der Waals surface area (Å²) in [5.74, 6) is -1.11. The van der Waals surface area contributed by atoms with Gasteiger partial charge >= 0.3 is 0 Å². The first-order chi connectivity index (χ1) is 11.7. The molecule has 132 valence electrons. The maximum absolute atomic E-state index is 12.2. The molecule has 0 unspecified atom stereocenters. The molecule has 25 heavy (non-hydrogen) atoms. The number of anilines is 2. The molecular formula is C16H16ClN3O4S. The average molecular weight is 382 g/mol. The summed E-state index contributed by atoms with van der Waals surface area (Å²) in [6, 6.07) is 12.0. The lowest BCUT2D eigenvalue weighted by molar-refractivity contribution is -0.114. The SMILES string of the molecule is CS(=O)(=O)N(CC(=O)Nc1ccc(C(N)=O)cc1)c1ccc(Cl)cc1. The van der Waals surface area contributed by atoms with E-state index in [1.807, 2.05) is 0 Å². The zero-order chi connectivity index (χ0) is 18.6. The number of sulfonamides is 1. The smallest absolute Gasteiger partial charge is 0.248 e. The summed E-state index contributed by atoms with van der Waals surface area (Å²) in [4.78, 5) is 23.2. The molecule has 0 radical (unpaired) electrons. The van der Waals surface area contributed by atoms with E-state index in [0.717, 1.165) is 10.6 Å². The molecule has 0 aromatic heterocycles. The zero-order valence-corrected chi connectivity index (χ0v) is 14.8. The fraction of sp³-hybridized carbons (Fsp3) is 0.125. The van der Waals surface area contributed by atoms with Crippen molar-refractivity contribution in [1.29, 1.82) is 0 Å². The lowest BCUT2D eigenvalue weighted by Gasteiger charge is -2.22. The Morgan fingerprint density at radius 1 is 1.08 bits per heavy atom. The molecule has 0 aliphatic carbocycles. The molecule has 9 heteroatoms. The molecule has 2 rings (SSSR count). The summed E-state index contributed by atoms with van der Waals surface area (Å²) in [5.41, 5.74) is 6.19. The number of hydrogen-bond donors (Lipinski definition) is 2. The third-order valence-corrected chi connectivity index (χ3v) is 4.65. The first-order valence-corrected chi connectivity index (χ1v) is 9.32. The van der Waals surface area contributed by atoms with E-state index in [0.29, 0.717) is 22.0 Å². The van der Waals surface area contributed by atoms with Gasteiger partial charge in [0.05, 0.1) is 11.9 Å². The number of primary amides is 1. The Hall–Kier alpha value is -2.58. The Balaban J connectivity index is 2.14. The third kappa shape index (κ3) is 5.20. The first kappa shape index (κ1) is 18.8. The predicted molar refractivity (Wildman–Crippen MR) is 97.2 cm³/mol. The van der Waals surface area contributed by atoms with Crippen molar-refractivity contribution in [2.75, 3.05) is 22.4 Å². The van der Waals surface area contributed by atoms with Crippen LogP contribution < -0.4 is 15.4 Å². The summed E-state index contributed by atoms with van der Waals surface area (Å²) in [7, 11) is -3.67. The van der Waals surface area contributed by atoms with E-state index >= 15 is 0 Å². The molecule has 0 aliphatic heterocycles. The Bertz CT molecular complexity index is 881. The second-order valence-corrected chi connectivity index (χ2v) is 7.58. The highest BCUT2D eigenvalue weighted by Gasteiger charge is 2.20. The van der Waals surface area contributed by atoms with E-state index in [1.165, 1.54) is 48.5 Å². The van der Waals surface area contributed by atoms with Gasteiger partial charge in [0.15, 0.2) is 0 Å². The van der Waals surface area contributed by atoms with Gasteiger partial charge in [0.1, 0.15) is 6.54 Å². The molecule has 0 heterocycles. The molecule has 0 spiro atoms. The van der Waals surface area contributed by atoms with Crippen LogP contribution >= 0.6 is 11.6 Å². The standard InChI is InChI=1S/C16H16ClN3O4S/c1-25(23,24)20(14-8-4-12(17)5-9-14)10-15(21)19-13-6-2-11(3-7-13)16(18)22/h2-9H,10H2,1H3,(H2,18,22)(H,19,21). The van der Waals surface area contributed by atoms with Crippen molar-refractivity contribution in [2.45, 2.75) is 0 Å². The van der Waals surface area contributed by atoms with Crippen LogP contribution in [-0.4, -0.2) is 33.0 Å². The van der Waals surface area contributed by atoms with Crippen molar-refractivity contribution in [3.63, 3.8) is 0 Å². The third-order valence-electron chi connectivity index (χ3n) is 3.26. The first-order valence-electron chi connectivity index (χ1n) is 7.10. The van der Waals surface area contributed by atoms with E-state index in [-0.39, 0.29) is 0 Å². The molecule has 0 bridgehead atoms. The molecule has 2 aromatic rings. The van der Waals surface area contributed by atoms with Crippen molar-refractivity contribution in [3.8, 4) is 0 Å². The highest BCUT2D eigenvalue weighted by Crippen LogP contribution is 2.20. The Kier molecular flexibility index (Phi) is 5.66. The quantitative estimate of drug-likeness (QED) is 0.795. The molecule has 2 aromatic carbocycles. The van der Waals surface area contributed by atoms with E-state index in [4.69, 9.17) is 17.3 Å². The van der Waals surface area contributed by atoms with Gasteiger partial charge in [-0.3, -0.25) is 13.9 Å². The van der Waals surface area contributed by atoms with Gasteiger partial charge in [-0.15, -0.1) is 0 Å². The van der Waals surface area contributed by atoms with Gasteiger partial charge in [0.2, 0.25) is 21.8 Å². The minimum absolute atomic E-state index is 0.303. The zero-order valence-electron chi connectivity index (χ0n) is 13.3. The number of amides is 2. The van der Waals surface area contributed by atoms with Crippen molar-refractivity contribution in [3.05, 3.63) is 59.1 Å². The normalized spacial score (nSPS) is 11.0. The fourth-order valence-corrected chi connectivity index (χ4v) is 3.04. The summed E-state index contributed by atoms with van der Waals surface area (Å²) in [6.07, 6.45) is 1.01. The molecular weight excluding hydrogens is 366 g/mol. The molecule has 2 amide bonds. The molecule has 0 aliphatic rings. The Morgan fingerprint density at radius 3 is 2.12 bits per heavy atom. The second-order valence-electron chi connectivity index (χ2n) is 5.24. The maximum atomic E-state index is 12.2. The fourth-order valence-electron chi connectivity index (χ4n) is 2.06. The Morgan fingerprint density at radius 2 is 1.64 bits per heavy atom. The second kappa shape index (κ2) is 7.54. The number of hydrogen-bond acceptors (Lipinski definition) is 4. The lowest BCUT2D eigenvalue weighted by Crippen LogP contribution is -2.37. The van der Waals surface area contributed by atoms with Crippen LogP contribution in [0.2, 0.25) is 5.02 Å². The van der Waals surface area contributed by atoms with Gasteiger partial charge in [0.25, 0.3) is 0 Å². The minimum atomic E-state index is -3.67. The maximum Gasteiger partial charge on any atom is 0.248 e. The number of nitrogens with two attached hydrogens (primary N) is 1. The van der Waals surface area contributed by atoms with Gasteiger partial charge in [-0.05, 0) is 48.5 Å². The predicted octanol–water partition coefficient (Wildman–Crippen LogP) is 1.84. The van der Waals surface area contributed by atoms with E-state index in [1.54, 1.807) is 0 Å². The van der Waals surface area contributed by atoms with Gasteiger partial charge < -0.3 is 11.1 Å². The van der Waals surface area contributed by atoms with Crippen LogP contribution in [0.15, 0.2) is 48.5 Å². The highest BCUT2D eigenvalue weighted by atomic mass is 35.5. The van der Waals surface area contributed by atoms with Gasteiger partial charge in [-0.2, -0.15) is 0 Å². The monoisotopic (exact) mass is 381 g/mol. The van der Waals surface area contributed by atoms with E-state index < -0.39 is 28.4 Å². The molecule has 0 saturated heterocycles. The molecule has 0 fully saturated rings. The number of halogens is 1. The van der Waals surface area contributed by atoms with Crippen molar-refractivity contribution in [2.24, 2.45) is 5.73 Å². The number of nitrogens with zero attached hydrogens (tertiary/aromatic N) is 1. The number of nitrogens with one attached hydrogen (secondary N) is 1. The summed E-state index contributed by atoms with van der Waals surface area (Å²) >= 11 is 5.80. The summed E-state index contributed by atoms with van der Waals surface area (Å²) < 4.78 is 24.9. The van der Waals surface area contributed by atoms with Crippen LogP contribution in [0.3, 0.4) is 0 Å². The molecule has 0 saturated carbocycles. The molecule has 3 N–H and O–H groups in total. The average Bonchev–Trinajstić information content (AvgIpc) is 2.53. The van der Waals surface area contributed by atoms with Crippen LogP contribution in [0.4, 0.5) is 11.4 Å². The van der Waals surface area contributed by atoms with Crippen LogP contribution in [0.25, 0.3) is 0 Å². The van der Waals surface area contributed by atoms with Crippen LogP contribution in [0, 0.1) is 0 Å². The van der Waals surface area contributed by atoms with Crippen molar-refractivity contribution in [1.82, 2.24) is 0 Å². The van der Waals surface area contributed by atoms with Crippen LogP contribution in [0.5, 0.6) is 0 Å². The van der Waals surface area contributed by atoms with Gasteiger partial charge in [0, 0.05) is 16.3 Å². The van der Waals surface area contributed by atoms with Gasteiger partial charge in [-0.1, -0.05) is 11.6 Å². The van der Waals surface area contributed by atoms with Crippen molar-refractivity contribution >= 4 is 44.8 Å². The van der Waals surface area contributed by atoms with Crippen LogP contribution in [0.1, 0.15) is 10.4 Å². The summed E-state index contributed by atoms with van der Waals surface area (Å²) in [6.45, 7) is -0.405. The van der Waals surface area contributed by atoms with Gasteiger partial charge in [-0.25, -0.2) is 8.42 Å². The minimum Gasteiger partial charge on any atom is -0.366 e. The number of rotatable bonds is 6. The number of carbonyl (C=O) groups is 2. The number of carbonyl (C=O) groups excluding carboxylic acids is 2. The summed E-state index contributed by atoms with van der Waals surface area (Å²) in [5, 5.41) is 3.02. The largest absolute Gasteiger partial charge is 0.366 e. The highest BCUT2D eigenvalue weighted by molar-refractivity contribution is 7.92. The van der Waals surface area contributed by atoms with Crippen LogP contribution in [-0.2, 0) is 14.8 Å². The van der Waals surface area contributed by atoms with Crippen molar-refractivity contribution < 1.29 is 18.0 Å². The Labute approximate surface area is 150 Å².